The van der Waals surface area contributed by atoms with Gasteiger partial charge in [-0.3, -0.25) is 10.0 Å². The Bertz CT molecular complexity index is 853. The molecule has 0 aliphatic carbocycles. The third-order valence-electron chi connectivity index (χ3n) is 3.25. The molecule has 26 heavy (non-hydrogen) atoms. The van der Waals surface area contributed by atoms with Gasteiger partial charge >= 0.3 is 0 Å². The van der Waals surface area contributed by atoms with Crippen LogP contribution in [0.25, 0.3) is 5.69 Å². The SMILES string of the molecule is C=C\C=C(/C=C\C=C/C)SCc1cn(-c2cccc(C(=O)NO)c2)nn1. The fourth-order valence-corrected chi connectivity index (χ4v) is 2.85. The summed E-state index contributed by atoms with van der Waals surface area (Å²) in [4.78, 5) is 12.6. The summed E-state index contributed by atoms with van der Waals surface area (Å²) in [6.45, 7) is 5.70. The van der Waals surface area contributed by atoms with Crippen molar-refractivity contribution in [3.05, 3.63) is 89.7 Å². The molecule has 0 fully saturated rings. The summed E-state index contributed by atoms with van der Waals surface area (Å²) in [5.41, 5.74) is 3.44. The first-order valence-electron chi connectivity index (χ1n) is 7.89. The van der Waals surface area contributed by atoms with E-state index in [0.717, 1.165) is 10.6 Å². The number of rotatable bonds is 8. The Kier molecular flexibility index (Phi) is 7.60. The molecule has 0 bridgehead atoms. The average Bonchev–Trinajstić information content (AvgIpc) is 3.15. The molecule has 0 spiro atoms. The highest BCUT2D eigenvalue weighted by Crippen LogP contribution is 2.22. The molecule has 1 heterocycles. The number of aromatic nitrogens is 3. The third kappa shape index (κ3) is 5.58. The quantitative estimate of drug-likeness (QED) is 0.421. The van der Waals surface area contributed by atoms with Crippen LogP contribution in [-0.4, -0.2) is 26.1 Å². The highest BCUT2D eigenvalue weighted by molar-refractivity contribution is 8.02. The van der Waals surface area contributed by atoms with Gasteiger partial charge < -0.3 is 0 Å². The summed E-state index contributed by atoms with van der Waals surface area (Å²) in [5.74, 6) is 0.0753. The van der Waals surface area contributed by atoms with Gasteiger partial charge in [0.15, 0.2) is 0 Å². The number of thioether (sulfide) groups is 1. The molecular formula is C19H20N4O2S. The first kappa shape index (κ1) is 19.4. The summed E-state index contributed by atoms with van der Waals surface area (Å²) >= 11 is 1.63. The molecule has 0 unspecified atom stereocenters. The van der Waals surface area contributed by atoms with Gasteiger partial charge in [-0.2, -0.15) is 0 Å². The highest BCUT2D eigenvalue weighted by Gasteiger charge is 2.08. The predicted octanol–water partition coefficient (Wildman–Crippen LogP) is 3.82. The lowest BCUT2D eigenvalue weighted by molar-refractivity contribution is 0.0706. The largest absolute Gasteiger partial charge is 0.288 e. The Balaban J connectivity index is 2.09. The molecule has 1 aromatic carbocycles. The monoisotopic (exact) mass is 368 g/mol. The van der Waals surface area contributed by atoms with Gasteiger partial charge in [-0.15, -0.1) is 16.9 Å². The topological polar surface area (TPSA) is 80.0 Å². The second-order valence-electron chi connectivity index (χ2n) is 5.12. The molecule has 0 aliphatic heterocycles. The van der Waals surface area contributed by atoms with Gasteiger partial charge in [-0.25, -0.2) is 10.2 Å². The zero-order chi connectivity index (χ0) is 18.8. The zero-order valence-electron chi connectivity index (χ0n) is 14.4. The first-order chi connectivity index (χ1) is 12.7. The Morgan fingerprint density at radius 1 is 1.42 bits per heavy atom. The smallest absolute Gasteiger partial charge is 0.274 e. The fourth-order valence-electron chi connectivity index (χ4n) is 2.03. The van der Waals surface area contributed by atoms with Gasteiger partial charge in [0, 0.05) is 16.2 Å². The predicted molar refractivity (Wildman–Crippen MR) is 104 cm³/mol. The van der Waals surface area contributed by atoms with Crippen LogP contribution in [0, 0.1) is 0 Å². The van der Waals surface area contributed by atoms with Crippen LogP contribution in [0.3, 0.4) is 0 Å². The van der Waals surface area contributed by atoms with Crippen molar-refractivity contribution in [2.45, 2.75) is 12.7 Å². The minimum absolute atomic E-state index is 0.335. The van der Waals surface area contributed by atoms with Crippen LogP contribution in [0.15, 0.2) is 78.4 Å². The first-order valence-corrected chi connectivity index (χ1v) is 8.87. The van der Waals surface area contributed by atoms with E-state index in [0.29, 0.717) is 17.0 Å². The molecular weight excluding hydrogens is 348 g/mol. The molecule has 0 radical (unpaired) electrons. The standard InChI is InChI=1S/C19H20N4O2S/c1-3-5-6-11-18(8-4-2)26-14-16-13-23(22-20-16)17-10-7-9-15(12-17)19(24)21-25/h3-13,25H,2,14H2,1H3,(H,21,24)/b5-3-,11-6-,18-8+. The molecule has 6 nitrogen and oxygen atoms in total. The molecule has 2 aromatic rings. The Morgan fingerprint density at radius 3 is 3.00 bits per heavy atom. The molecule has 0 saturated carbocycles. The van der Waals surface area contributed by atoms with E-state index in [-0.39, 0.29) is 0 Å². The molecule has 1 amide bonds. The number of carbonyl (C=O) groups excluding carboxylic acids is 1. The second kappa shape index (κ2) is 10.2. The molecule has 0 saturated heterocycles. The minimum Gasteiger partial charge on any atom is -0.288 e. The van der Waals surface area contributed by atoms with Crippen LogP contribution in [0.5, 0.6) is 0 Å². The van der Waals surface area contributed by atoms with E-state index >= 15 is 0 Å². The maximum absolute atomic E-state index is 11.5. The summed E-state index contributed by atoms with van der Waals surface area (Å²) in [7, 11) is 0. The Hall–Kier alpha value is -2.90. The van der Waals surface area contributed by atoms with Crippen molar-refractivity contribution in [1.82, 2.24) is 20.5 Å². The van der Waals surface area contributed by atoms with Gasteiger partial charge in [0.1, 0.15) is 0 Å². The van der Waals surface area contributed by atoms with E-state index < -0.39 is 5.91 Å². The molecule has 1 aromatic heterocycles. The third-order valence-corrected chi connectivity index (χ3v) is 4.29. The van der Waals surface area contributed by atoms with Gasteiger partial charge in [0.25, 0.3) is 5.91 Å². The van der Waals surface area contributed by atoms with Crippen molar-refractivity contribution < 1.29 is 10.0 Å². The van der Waals surface area contributed by atoms with Crippen LogP contribution >= 0.6 is 11.8 Å². The van der Waals surface area contributed by atoms with Crippen molar-refractivity contribution in [1.29, 1.82) is 0 Å². The van der Waals surface area contributed by atoms with E-state index in [1.54, 1.807) is 46.2 Å². The number of hydrogen-bond acceptors (Lipinski definition) is 5. The van der Waals surface area contributed by atoms with Crippen molar-refractivity contribution >= 4 is 17.7 Å². The van der Waals surface area contributed by atoms with E-state index in [4.69, 9.17) is 5.21 Å². The Labute approximate surface area is 156 Å². The maximum atomic E-state index is 11.5. The number of nitrogens with one attached hydrogen (secondary N) is 1. The summed E-state index contributed by atoms with van der Waals surface area (Å²) in [6.07, 6.45) is 13.4. The summed E-state index contributed by atoms with van der Waals surface area (Å²) in [5, 5.41) is 17.0. The average molecular weight is 368 g/mol. The number of amides is 1. The summed E-state index contributed by atoms with van der Waals surface area (Å²) in [6, 6.07) is 6.75. The van der Waals surface area contributed by atoms with E-state index in [1.807, 2.05) is 49.6 Å². The number of carbonyl (C=O) groups is 1. The molecule has 2 rings (SSSR count). The fraction of sp³-hybridized carbons (Fsp3) is 0.105. The van der Waals surface area contributed by atoms with Crippen LogP contribution in [-0.2, 0) is 5.75 Å². The van der Waals surface area contributed by atoms with Crippen molar-refractivity contribution in [3.63, 3.8) is 0 Å². The summed E-state index contributed by atoms with van der Waals surface area (Å²) < 4.78 is 1.59. The lowest BCUT2D eigenvalue weighted by Crippen LogP contribution is -2.18. The van der Waals surface area contributed by atoms with E-state index in [2.05, 4.69) is 16.9 Å². The lowest BCUT2D eigenvalue weighted by Gasteiger charge is -2.03. The van der Waals surface area contributed by atoms with Gasteiger partial charge in [0.05, 0.1) is 17.6 Å². The van der Waals surface area contributed by atoms with E-state index in [1.165, 1.54) is 0 Å². The molecule has 134 valence electrons. The molecule has 2 N–H and O–H groups in total. The van der Waals surface area contributed by atoms with Crippen LogP contribution in [0.2, 0.25) is 0 Å². The van der Waals surface area contributed by atoms with Crippen LogP contribution in [0.1, 0.15) is 23.0 Å². The van der Waals surface area contributed by atoms with Crippen molar-refractivity contribution in [2.75, 3.05) is 0 Å². The maximum Gasteiger partial charge on any atom is 0.274 e. The lowest BCUT2D eigenvalue weighted by atomic mass is 10.2. The Morgan fingerprint density at radius 2 is 2.27 bits per heavy atom. The van der Waals surface area contributed by atoms with Gasteiger partial charge in [0.2, 0.25) is 0 Å². The minimum atomic E-state index is -0.574. The molecule has 7 heteroatoms. The van der Waals surface area contributed by atoms with E-state index in [9.17, 15) is 4.79 Å². The molecule has 0 atom stereocenters. The van der Waals surface area contributed by atoms with Gasteiger partial charge in [-0.05, 0) is 37.3 Å². The number of allylic oxidation sites excluding steroid dienone is 6. The number of nitrogens with zero attached hydrogens (tertiary/aromatic N) is 3. The normalized spacial score (nSPS) is 12.0. The van der Waals surface area contributed by atoms with Crippen LogP contribution in [0.4, 0.5) is 0 Å². The second-order valence-corrected chi connectivity index (χ2v) is 6.17. The van der Waals surface area contributed by atoms with Gasteiger partial charge in [-0.1, -0.05) is 42.2 Å². The highest BCUT2D eigenvalue weighted by atomic mass is 32.2. The van der Waals surface area contributed by atoms with Crippen molar-refractivity contribution in [3.8, 4) is 5.69 Å². The molecule has 0 aliphatic rings. The van der Waals surface area contributed by atoms with Crippen molar-refractivity contribution in [2.24, 2.45) is 0 Å². The zero-order valence-corrected chi connectivity index (χ0v) is 15.2. The number of benzene rings is 1. The number of hydrogen-bond donors (Lipinski definition) is 2. The number of hydroxylamine groups is 1. The van der Waals surface area contributed by atoms with Crippen LogP contribution < -0.4 is 5.48 Å².